The van der Waals surface area contributed by atoms with Crippen LogP contribution in [0.1, 0.15) is 0 Å². The van der Waals surface area contributed by atoms with Crippen LogP contribution >= 0.6 is 0 Å². The Morgan fingerprint density at radius 1 is 0.650 bits per heavy atom. The number of ether oxygens (including phenoxy) is 1. The van der Waals surface area contributed by atoms with E-state index in [4.69, 9.17) is 0 Å². The van der Waals surface area contributed by atoms with Crippen LogP contribution in [-0.2, 0) is 4.74 Å². The molecule has 1 nitrogen and oxygen atoms in total. The summed E-state index contributed by atoms with van der Waals surface area (Å²) in [6, 6.07) is -3.05. The molecule has 0 atom stereocenters. The van der Waals surface area contributed by atoms with Crippen LogP contribution in [-0.4, -0.2) is 25.6 Å². The summed E-state index contributed by atoms with van der Waals surface area (Å²) in [4.78, 5) is 0. The smallest absolute Gasteiger partial charge is 0.443 e. The van der Waals surface area contributed by atoms with Crippen molar-refractivity contribution in [2.75, 3.05) is 7.11 Å². The van der Waals surface area contributed by atoms with E-state index in [-0.39, 0.29) is 7.11 Å². The summed E-state index contributed by atoms with van der Waals surface area (Å²) in [6.07, 6.45) is -19.1. The zero-order chi connectivity index (χ0) is 16.5. The van der Waals surface area contributed by atoms with Crippen molar-refractivity contribution in [3.05, 3.63) is 23.0 Å². The van der Waals surface area contributed by atoms with Crippen LogP contribution < -0.4 is 0 Å². The van der Waals surface area contributed by atoms with Crippen LogP contribution in [0.25, 0.3) is 0 Å². The van der Waals surface area contributed by atoms with Gasteiger partial charge in [-0.25, -0.2) is 4.39 Å². The molecule has 0 saturated carbocycles. The first-order valence-corrected chi connectivity index (χ1v) is 4.19. The van der Waals surface area contributed by atoms with Crippen LogP contribution in [0.2, 0.25) is 0 Å². The van der Waals surface area contributed by atoms with Crippen LogP contribution in [0.3, 0.4) is 0 Å². The summed E-state index contributed by atoms with van der Waals surface area (Å²) < 4.78 is 137. The standard InChI is InChI=1S/C8H3F11O/c1-20-5(10)3(7(14,15)16)2(6(11,12)13)4(9)8(17,18)19/h1H3/b4-2-,5-3+. The van der Waals surface area contributed by atoms with Gasteiger partial charge >= 0.3 is 18.5 Å². The van der Waals surface area contributed by atoms with Crippen LogP contribution in [0, 0.1) is 0 Å². The lowest BCUT2D eigenvalue weighted by Crippen LogP contribution is -2.28. The summed E-state index contributed by atoms with van der Waals surface area (Å²) in [6.45, 7) is 0. The molecule has 0 aliphatic carbocycles. The fraction of sp³-hybridized carbons (Fsp3) is 0.500. The van der Waals surface area contributed by atoms with Crippen LogP contribution in [0.15, 0.2) is 23.0 Å². The van der Waals surface area contributed by atoms with E-state index >= 15 is 0 Å². The number of hydrogen-bond acceptors (Lipinski definition) is 1. The maximum absolute atomic E-state index is 12.7. The molecule has 12 heteroatoms. The van der Waals surface area contributed by atoms with E-state index in [1.807, 2.05) is 0 Å². The van der Waals surface area contributed by atoms with Gasteiger partial charge in [0.15, 0.2) is 0 Å². The minimum atomic E-state index is -6.46. The highest BCUT2D eigenvalue weighted by Crippen LogP contribution is 2.46. The fourth-order valence-corrected chi connectivity index (χ4v) is 0.971. The van der Waals surface area contributed by atoms with Crippen molar-refractivity contribution in [1.29, 1.82) is 0 Å². The van der Waals surface area contributed by atoms with Crippen molar-refractivity contribution in [1.82, 2.24) is 0 Å². The maximum atomic E-state index is 12.7. The van der Waals surface area contributed by atoms with Crippen LogP contribution in [0.4, 0.5) is 48.3 Å². The maximum Gasteiger partial charge on any atom is 0.443 e. The average molecular weight is 324 g/mol. The molecule has 0 radical (unpaired) electrons. The lowest BCUT2D eigenvalue weighted by molar-refractivity contribution is -0.139. The van der Waals surface area contributed by atoms with Gasteiger partial charge in [0, 0.05) is 0 Å². The second-order valence-electron chi connectivity index (χ2n) is 3.04. The third-order valence-corrected chi connectivity index (χ3v) is 1.66. The second kappa shape index (κ2) is 5.48. The van der Waals surface area contributed by atoms with Crippen molar-refractivity contribution in [2.24, 2.45) is 0 Å². The molecular weight excluding hydrogens is 321 g/mol. The van der Waals surface area contributed by atoms with E-state index in [1.165, 1.54) is 0 Å². The van der Waals surface area contributed by atoms with Gasteiger partial charge in [0.25, 0.3) is 6.01 Å². The molecule has 0 aromatic rings. The lowest BCUT2D eigenvalue weighted by atomic mass is 10.0. The monoisotopic (exact) mass is 324 g/mol. The molecule has 20 heavy (non-hydrogen) atoms. The first-order chi connectivity index (χ1) is 8.64. The molecule has 0 aromatic heterocycles. The van der Waals surface area contributed by atoms with Crippen molar-refractivity contribution in [3.63, 3.8) is 0 Å². The molecule has 0 heterocycles. The molecule has 0 amide bonds. The molecule has 0 fully saturated rings. The van der Waals surface area contributed by atoms with Crippen LogP contribution in [0.5, 0.6) is 0 Å². The molecule has 0 bridgehead atoms. The normalized spacial score (nSPS) is 16.6. The topological polar surface area (TPSA) is 9.23 Å². The van der Waals surface area contributed by atoms with Gasteiger partial charge in [0.2, 0.25) is 5.83 Å². The Morgan fingerprint density at radius 2 is 1.00 bits per heavy atom. The number of methoxy groups -OCH3 is 1. The Balaban J connectivity index is 6.59. The number of alkyl halides is 9. The SMILES string of the molecule is CO/C(F)=C(\C(=C(\F)C(F)(F)F)C(F)(F)F)C(F)(F)F. The minimum Gasteiger partial charge on any atom is -0.474 e. The first-order valence-electron chi connectivity index (χ1n) is 4.19. The van der Waals surface area contributed by atoms with E-state index in [2.05, 4.69) is 4.74 Å². The molecule has 0 spiro atoms. The van der Waals surface area contributed by atoms with Gasteiger partial charge in [0.05, 0.1) is 7.11 Å². The molecule has 0 aliphatic heterocycles. The van der Waals surface area contributed by atoms with Crippen molar-refractivity contribution in [2.45, 2.75) is 18.5 Å². The Kier molecular flexibility index (Phi) is 5.07. The molecule has 0 N–H and O–H groups in total. The molecule has 0 saturated heterocycles. The van der Waals surface area contributed by atoms with Crippen molar-refractivity contribution >= 4 is 0 Å². The van der Waals surface area contributed by atoms with Crippen molar-refractivity contribution < 1.29 is 53.0 Å². The summed E-state index contributed by atoms with van der Waals surface area (Å²) in [5, 5.41) is 0. The third kappa shape index (κ3) is 4.27. The average Bonchev–Trinajstić information content (AvgIpc) is 2.18. The first kappa shape index (κ1) is 18.5. The highest BCUT2D eigenvalue weighted by Gasteiger charge is 2.55. The number of rotatable bonds is 2. The van der Waals surface area contributed by atoms with Crippen molar-refractivity contribution in [3.8, 4) is 0 Å². The number of allylic oxidation sites excluding steroid dienone is 3. The highest BCUT2D eigenvalue weighted by atomic mass is 19.4. The van der Waals surface area contributed by atoms with E-state index < -0.39 is 41.5 Å². The highest BCUT2D eigenvalue weighted by molar-refractivity contribution is 5.42. The minimum absolute atomic E-state index is 0.126. The Hall–Kier alpha value is -1.49. The Bertz CT molecular complexity index is 419. The number of halogens is 11. The second-order valence-corrected chi connectivity index (χ2v) is 3.04. The van der Waals surface area contributed by atoms with Gasteiger partial charge in [-0.15, -0.1) is 0 Å². The Labute approximate surface area is 103 Å². The predicted molar refractivity (Wildman–Crippen MR) is 41.4 cm³/mol. The lowest BCUT2D eigenvalue weighted by Gasteiger charge is -2.19. The fourth-order valence-electron chi connectivity index (χ4n) is 0.971. The Morgan fingerprint density at radius 3 is 1.20 bits per heavy atom. The predicted octanol–water partition coefficient (Wildman–Crippen LogP) is 4.72. The molecule has 0 aromatic carbocycles. The molecule has 0 aliphatic rings. The molecule has 118 valence electrons. The molecule has 0 unspecified atom stereocenters. The quantitative estimate of drug-likeness (QED) is 0.406. The largest absolute Gasteiger partial charge is 0.474 e. The summed E-state index contributed by atoms with van der Waals surface area (Å²) >= 11 is 0. The van der Waals surface area contributed by atoms with Gasteiger partial charge in [-0.2, -0.15) is 43.9 Å². The van der Waals surface area contributed by atoms with E-state index in [9.17, 15) is 48.3 Å². The van der Waals surface area contributed by atoms with E-state index in [1.54, 1.807) is 0 Å². The summed E-state index contributed by atoms with van der Waals surface area (Å²) in [5.41, 5.74) is -7.39. The van der Waals surface area contributed by atoms with Gasteiger partial charge in [0.1, 0.15) is 11.1 Å². The third-order valence-electron chi connectivity index (χ3n) is 1.66. The zero-order valence-electron chi connectivity index (χ0n) is 9.07. The van der Waals surface area contributed by atoms with Gasteiger partial charge in [-0.05, 0) is 0 Å². The summed E-state index contributed by atoms with van der Waals surface area (Å²) in [5.74, 6) is -4.13. The molecule has 0 rings (SSSR count). The number of hydrogen-bond donors (Lipinski definition) is 0. The summed E-state index contributed by atoms with van der Waals surface area (Å²) in [7, 11) is 0.126. The van der Waals surface area contributed by atoms with Gasteiger partial charge < -0.3 is 4.74 Å². The zero-order valence-corrected chi connectivity index (χ0v) is 9.07. The van der Waals surface area contributed by atoms with E-state index in [0.29, 0.717) is 0 Å². The van der Waals surface area contributed by atoms with Gasteiger partial charge in [-0.1, -0.05) is 0 Å². The van der Waals surface area contributed by atoms with Gasteiger partial charge in [-0.3, -0.25) is 0 Å². The molecular formula is C8H3F11O. The van der Waals surface area contributed by atoms with E-state index in [0.717, 1.165) is 0 Å².